The van der Waals surface area contributed by atoms with Crippen molar-refractivity contribution in [3.63, 3.8) is 0 Å². The number of nitrogens with zero attached hydrogens (tertiary/aromatic N) is 3. The fourth-order valence-electron chi connectivity index (χ4n) is 4.10. The van der Waals surface area contributed by atoms with Gasteiger partial charge in [-0.15, -0.1) is 0 Å². The average Bonchev–Trinajstić information content (AvgIpc) is 3.03. The normalized spacial score (nSPS) is 25.0. The molecule has 138 valence electrons. The van der Waals surface area contributed by atoms with E-state index in [1.165, 1.54) is 19.3 Å². The number of likely N-dealkylation sites (tertiary alicyclic amines) is 1. The van der Waals surface area contributed by atoms with Gasteiger partial charge >= 0.3 is 0 Å². The highest BCUT2D eigenvalue weighted by Gasteiger charge is 2.28. The first-order chi connectivity index (χ1) is 12.0. The Bertz CT molecular complexity index is 606. The molecule has 2 amide bonds. The number of carbonyl (C=O) groups is 2. The Kier molecular flexibility index (Phi) is 5.76. The minimum Gasteiger partial charge on any atom is -0.352 e. The van der Waals surface area contributed by atoms with E-state index >= 15 is 0 Å². The highest BCUT2D eigenvalue weighted by molar-refractivity contribution is 5.94. The predicted molar refractivity (Wildman–Crippen MR) is 96.1 cm³/mol. The molecule has 3 rings (SSSR count). The standard InChI is InChI=1S/C19H30N4O2/c1-14-8-9-23(15(2)10-14)19(25)16-11-20-22(12-16)13-18(24)21-17-6-4-3-5-7-17/h11-12,14-15,17H,3-10,13H2,1-2H3,(H,21,24)/t14-,15-/m1/s1. The molecule has 1 N–H and O–H groups in total. The molecule has 0 aromatic carbocycles. The highest BCUT2D eigenvalue weighted by Crippen LogP contribution is 2.23. The minimum absolute atomic E-state index is 0.0193. The Morgan fingerprint density at radius 1 is 1.20 bits per heavy atom. The molecular formula is C19H30N4O2. The summed E-state index contributed by atoms with van der Waals surface area (Å²) in [7, 11) is 0. The summed E-state index contributed by atoms with van der Waals surface area (Å²) in [6.45, 7) is 5.32. The maximum absolute atomic E-state index is 12.7. The molecule has 0 bridgehead atoms. The van der Waals surface area contributed by atoms with Crippen molar-refractivity contribution >= 4 is 11.8 Å². The van der Waals surface area contributed by atoms with Gasteiger partial charge < -0.3 is 10.2 Å². The maximum atomic E-state index is 12.7. The Labute approximate surface area is 149 Å². The quantitative estimate of drug-likeness (QED) is 0.911. The van der Waals surface area contributed by atoms with Crippen LogP contribution in [0, 0.1) is 5.92 Å². The molecule has 25 heavy (non-hydrogen) atoms. The van der Waals surface area contributed by atoms with Crippen LogP contribution in [0.2, 0.25) is 0 Å². The SMILES string of the molecule is C[C@@H]1CCN(C(=O)c2cnn(CC(=O)NC3CCCCC3)c2)[C@H](C)C1. The lowest BCUT2D eigenvalue weighted by atomic mass is 9.93. The molecule has 1 aromatic heterocycles. The number of amides is 2. The second kappa shape index (κ2) is 8.02. The summed E-state index contributed by atoms with van der Waals surface area (Å²) in [6, 6.07) is 0.559. The van der Waals surface area contributed by atoms with Crippen molar-refractivity contribution in [2.45, 2.75) is 77.4 Å². The van der Waals surface area contributed by atoms with Gasteiger partial charge in [0, 0.05) is 24.8 Å². The van der Waals surface area contributed by atoms with Gasteiger partial charge in [0.1, 0.15) is 6.54 Å². The van der Waals surface area contributed by atoms with Gasteiger partial charge in [-0.25, -0.2) is 0 Å². The molecule has 2 fully saturated rings. The average molecular weight is 346 g/mol. The van der Waals surface area contributed by atoms with Crippen LogP contribution in [0.25, 0.3) is 0 Å². The highest BCUT2D eigenvalue weighted by atomic mass is 16.2. The van der Waals surface area contributed by atoms with Crippen LogP contribution in [-0.4, -0.2) is 45.1 Å². The van der Waals surface area contributed by atoms with E-state index in [1.54, 1.807) is 17.1 Å². The monoisotopic (exact) mass is 346 g/mol. The Balaban J connectivity index is 1.54. The molecule has 1 aliphatic carbocycles. The van der Waals surface area contributed by atoms with Gasteiger partial charge in [-0.2, -0.15) is 5.10 Å². The molecule has 6 nitrogen and oxygen atoms in total. The number of hydrogen-bond acceptors (Lipinski definition) is 3. The van der Waals surface area contributed by atoms with Gasteiger partial charge in [0.2, 0.25) is 5.91 Å². The lowest BCUT2D eigenvalue weighted by Crippen LogP contribution is -2.44. The molecule has 1 saturated heterocycles. The summed E-state index contributed by atoms with van der Waals surface area (Å²) >= 11 is 0. The van der Waals surface area contributed by atoms with Crippen LogP contribution >= 0.6 is 0 Å². The van der Waals surface area contributed by atoms with Gasteiger partial charge in [-0.05, 0) is 38.5 Å². The van der Waals surface area contributed by atoms with Crippen LogP contribution in [0.4, 0.5) is 0 Å². The summed E-state index contributed by atoms with van der Waals surface area (Å²) in [6.07, 6.45) is 11.2. The second-order valence-corrected chi connectivity index (χ2v) is 7.81. The van der Waals surface area contributed by atoms with E-state index in [2.05, 4.69) is 24.3 Å². The van der Waals surface area contributed by atoms with E-state index in [0.717, 1.165) is 32.2 Å². The predicted octanol–water partition coefficient (Wildman–Crippen LogP) is 2.59. The Morgan fingerprint density at radius 2 is 1.96 bits per heavy atom. The molecule has 2 aliphatic rings. The molecular weight excluding hydrogens is 316 g/mol. The van der Waals surface area contributed by atoms with Gasteiger partial charge in [-0.1, -0.05) is 26.2 Å². The summed E-state index contributed by atoms with van der Waals surface area (Å²) in [5, 5.41) is 7.30. The maximum Gasteiger partial charge on any atom is 0.257 e. The number of rotatable bonds is 4. The second-order valence-electron chi connectivity index (χ2n) is 7.81. The molecule has 2 atom stereocenters. The first kappa shape index (κ1) is 18.0. The molecule has 0 radical (unpaired) electrons. The molecule has 0 spiro atoms. The third-order valence-corrected chi connectivity index (χ3v) is 5.56. The fourth-order valence-corrected chi connectivity index (χ4v) is 4.10. The zero-order valence-electron chi connectivity index (χ0n) is 15.4. The molecule has 1 aromatic rings. The topological polar surface area (TPSA) is 67.2 Å². The number of nitrogens with one attached hydrogen (secondary N) is 1. The van der Waals surface area contributed by atoms with E-state index < -0.39 is 0 Å². The first-order valence-corrected chi connectivity index (χ1v) is 9.65. The third-order valence-electron chi connectivity index (χ3n) is 5.56. The van der Waals surface area contributed by atoms with Crippen molar-refractivity contribution < 1.29 is 9.59 Å². The van der Waals surface area contributed by atoms with Crippen LogP contribution in [0.15, 0.2) is 12.4 Å². The van der Waals surface area contributed by atoms with Crippen LogP contribution < -0.4 is 5.32 Å². The molecule has 2 heterocycles. The van der Waals surface area contributed by atoms with Crippen molar-refractivity contribution in [2.24, 2.45) is 5.92 Å². The Morgan fingerprint density at radius 3 is 2.68 bits per heavy atom. The molecule has 0 unspecified atom stereocenters. The summed E-state index contributed by atoms with van der Waals surface area (Å²) in [5.41, 5.74) is 0.576. The van der Waals surface area contributed by atoms with Crippen LogP contribution in [0.1, 0.15) is 69.2 Å². The van der Waals surface area contributed by atoms with Crippen molar-refractivity contribution in [1.82, 2.24) is 20.0 Å². The number of piperidine rings is 1. The van der Waals surface area contributed by atoms with Crippen LogP contribution in [0.3, 0.4) is 0 Å². The zero-order chi connectivity index (χ0) is 17.8. The largest absolute Gasteiger partial charge is 0.352 e. The summed E-state index contributed by atoms with van der Waals surface area (Å²) in [5.74, 6) is 0.678. The van der Waals surface area contributed by atoms with E-state index in [1.807, 2.05) is 4.90 Å². The smallest absolute Gasteiger partial charge is 0.257 e. The van der Waals surface area contributed by atoms with Crippen LogP contribution in [0.5, 0.6) is 0 Å². The lowest BCUT2D eigenvalue weighted by Gasteiger charge is -2.36. The van der Waals surface area contributed by atoms with Crippen molar-refractivity contribution in [1.29, 1.82) is 0 Å². The Hall–Kier alpha value is -1.85. The third kappa shape index (κ3) is 4.61. The van der Waals surface area contributed by atoms with E-state index in [4.69, 9.17) is 0 Å². The first-order valence-electron chi connectivity index (χ1n) is 9.65. The van der Waals surface area contributed by atoms with E-state index in [0.29, 0.717) is 17.5 Å². The van der Waals surface area contributed by atoms with Crippen molar-refractivity contribution in [3.05, 3.63) is 18.0 Å². The number of aromatic nitrogens is 2. The summed E-state index contributed by atoms with van der Waals surface area (Å²) < 4.78 is 1.57. The van der Waals surface area contributed by atoms with Gasteiger partial charge in [0.05, 0.1) is 11.8 Å². The van der Waals surface area contributed by atoms with Crippen molar-refractivity contribution in [3.8, 4) is 0 Å². The zero-order valence-corrected chi connectivity index (χ0v) is 15.4. The molecule has 6 heteroatoms. The van der Waals surface area contributed by atoms with Gasteiger partial charge in [0.15, 0.2) is 0 Å². The number of carbonyl (C=O) groups excluding carboxylic acids is 2. The van der Waals surface area contributed by atoms with Gasteiger partial charge in [0.25, 0.3) is 5.91 Å². The summed E-state index contributed by atoms with van der Waals surface area (Å²) in [4.78, 5) is 26.8. The molecule has 1 aliphatic heterocycles. The minimum atomic E-state index is -0.0193. The fraction of sp³-hybridized carbons (Fsp3) is 0.737. The van der Waals surface area contributed by atoms with E-state index in [-0.39, 0.29) is 24.4 Å². The molecule has 1 saturated carbocycles. The van der Waals surface area contributed by atoms with Crippen LogP contribution in [-0.2, 0) is 11.3 Å². The van der Waals surface area contributed by atoms with Gasteiger partial charge in [-0.3, -0.25) is 14.3 Å². The number of hydrogen-bond donors (Lipinski definition) is 1. The van der Waals surface area contributed by atoms with E-state index in [9.17, 15) is 9.59 Å². The lowest BCUT2D eigenvalue weighted by molar-refractivity contribution is -0.122. The van der Waals surface area contributed by atoms with Crippen molar-refractivity contribution in [2.75, 3.05) is 6.54 Å².